The van der Waals surface area contributed by atoms with Crippen LogP contribution in [0.4, 0.5) is 0 Å². The van der Waals surface area contributed by atoms with Gasteiger partial charge in [-0.3, -0.25) is 4.98 Å². The Hall–Kier alpha value is -1.13. The van der Waals surface area contributed by atoms with E-state index in [1.807, 2.05) is 6.07 Å². The van der Waals surface area contributed by atoms with Crippen LogP contribution in [0.25, 0.3) is 0 Å². The molecule has 94 valence electrons. The summed E-state index contributed by atoms with van der Waals surface area (Å²) in [6, 6.07) is 2.46. The van der Waals surface area contributed by atoms with Gasteiger partial charge in [-0.25, -0.2) is 0 Å². The third-order valence-electron chi connectivity index (χ3n) is 2.75. The van der Waals surface area contributed by atoms with Crippen molar-refractivity contribution in [2.75, 3.05) is 13.2 Å². The first-order valence-electron chi connectivity index (χ1n) is 6.16. The summed E-state index contributed by atoms with van der Waals surface area (Å²) >= 11 is 0. The molecule has 1 fully saturated rings. The lowest BCUT2D eigenvalue weighted by molar-refractivity contribution is 0.140. The monoisotopic (exact) mass is 236 g/mol. The third-order valence-corrected chi connectivity index (χ3v) is 2.75. The van der Waals surface area contributed by atoms with Crippen molar-refractivity contribution in [1.82, 2.24) is 10.3 Å². The lowest BCUT2D eigenvalue weighted by atomic mass is 10.2. The zero-order valence-electron chi connectivity index (χ0n) is 10.5. The first kappa shape index (κ1) is 12.3. The van der Waals surface area contributed by atoms with E-state index < -0.39 is 0 Å². The Morgan fingerprint density at radius 3 is 3.18 bits per heavy atom. The van der Waals surface area contributed by atoms with E-state index in [1.165, 1.54) is 0 Å². The van der Waals surface area contributed by atoms with Gasteiger partial charge in [0.1, 0.15) is 11.9 Å². The second-order valence-corrected chi connectivity index (χ2v) is 4.62. The second kappa shape index (κ2) is 5.98. The summed E-state index contributed by atoms with van der Waals surface area (Å²) in [5, 5.41) is 3.39. The van der Waals surface area contributed by atoms with E-state index in [1.54, 1.807) is 12.4 Å². The van der Waals surface area contributed by atoms with Gasteiger partial charge < -0.3 is 14.8 Å². The SMILES string of the molecule is CC(C)NCc1ccncc1OC1CCOC1. The highest BCUT2D eigenvalue weighted by Crippen LogP contribution is 2.20. The third kappa shape index (κ3) is 3.68. The molecule has 0 aliphatic carbocycles. The van der Waals surface area contributed by atoms with Crippen LogP contribution >= 0.6 is 0 Å². The molecule has 1 saturated heterocycles. The minimum atomic E-state index is 0.178. The first-order chi connectivity index (χ1) is 8.25. The van der Waals surface area contributed by atoms with Gasteiger partial charge in [0.2, 0.25) is 0 Å². The fraction of sp³-hybridized carbons (Fsp3) is 0.615. The summed E-state index contributed by atoms with van der Waals surface area (Å²) in [4.78, 5) is 4.12. The van der Waals surface area contributed by atoms with E-state index in [2.05, 4.69) is 24.1 Å². The number of nitrogens with one attached hydrogen (secondary N) is 1. The van der Waals surface area contributed by atoms with Gasteiger partial charge in [0, 0.05) is 30.8 Å². The van der Waals surface area contributed by atoms with Crippen LogP contribution in [0.1, 0.15) is 25.8 Å². The molecule has 1 aromatic heterocycles. The van der Waals surface area contributed by atoms with Crippen molar-refractivity contribution in [1.29, 1.82) is 0 Å². The van der Waals surface area contributed by atoms with Gasteiger partial charge in [-0.2, -0.15) is 0 Å². The van der Waals surface area contributed by atoms with Gasteiger partial charge in [-0.05, 0) is 6.07 Å². The van der Waals surface area contributed by atoms with Crippen molar-refractivity contribution in [2.24, 2.45) is 0 Å². The molecular weight excluding hydrogens is 216 g/mol. The number of hydrogen-bond acceptors (Lipinski definition) is 4. The molecular formula is C13H20N2O2. The van der Waals surface area contributed by atoms with Gasteiger partial charge in [-0.15, -0.1) is 0 Å². The normalized spacial score (nSPS) is 19.8. The van der Waals surface area contributed by atoms with Crippen molar-refractivity contribution < 1.29 is 9.47 Å². The number of aromatic nitrogens is 1. The van der Waals surface area contributed by atoms with Crippen LogP contribution in [0.2, 0.25) is 0 Å². The van der Waals surface area contributed by atoms with Crippen LogP contribution in [0.15, 0.2) is 18.5 Å². The molecule has 1 atom stereocenters. The van der Waals surface area contributed by atoms with Crippen LogP contribution < -0.4 is 10.1 Å². The Labute approximate surface area is 102 Å². The number of ether oxygens (including phenoxy) is 2. The largest absolute Gasteiger partial charge is 0.486 e. The minimum Gasteiger partial charge on any atom is -0.486 e. The van der Waals surface area contributed by atoms with Crippen LogP contribution in [0.5, 0.6) is 5.75 Å². The Balaban J connectivity index is 1.99. The molecule has 0 amide bonds. The van der Waals surface area contributed by atoms with Crippen LogP contribution in [-0.4, -0.2) is 30.3 Å². The summed E-state index contributed by atoms with van der Waals surface area (Å²) in [7, 11) is 0. The average molecular weight is 236 g/mol. The van der Waals surface area contributed by atoms with Crippen molar-refractivity contribution in [3.8, 4) is 5.75 Å². The zero-order chi connectivity index (χ0) is 12.1. The van der Waals surface area contributed by atoms with E-state index in [-0.39, 0.29) is 6.10 Å². The van der Waals surface area contributed by atoms with E-state index in [4.69, 9.17) is 9.47 Å². The van der Waals surface area contributed by atoms with Gasteiger partial charge in [0.05, 0.1) is 19.4 Å². The number of nitrogens with zero attached hydrogens (tertiary/aromatic N) is 1. The summed E-state index contributed by atoms with van der Waals surface area (Å²) < 4.78 is 11.2. The van der Waals surface area contributed by atoms with Crippen LogP contribution in [0.3, 0.4) is 0 Å². The van der Waals surface area contributed by atoms with Gasteiger partial charge in [0.15, 0.2) is 0 Å². The van der Waals surface area contributed by atoms with E-state index in [9.17, 15) is 0 Å². The molecule has 0 radical (unpaired) electrons. The Morgan fingerprint density at radius 1 is 1.59 bits per heavy atom. The molecule has 0 aromatic carbocycles. The maximum atomic E-state index is 5.91. The molecule has 1 aliphatic heterocycles. The smallest absolute Gasteiger partial charge is 0.142 e. The van der Waals surface area contributed by atoms with Gasteiger partial charge in [-0.1, -0.05) is 13.8 Å². The molecule has 0 spiro atoms. The Morgan fingerprint density at radius 2 is 2.47 bits per heavy atom. The molecule has 1 N–H and O–H groups in total. The van der Waals surface area contributed by atoms with Crippen molar-refractivity contribution in [3.63, 3.8) is 0 Å². The maximum Gasteiger partial charge on any atom is 0.142 e. The highest BCUT2D eigenvalue weighted by atomic mass is 16.5. The predicted octanol–water partition coefficient (Wildman–Crippen LogP) is 1.75. The van der Waals surface area contributed by atoms with E-state index in [0.717, 1.165) is 30.9 Å². The van der Waals surface area contributed by atoms with E-state index in [0.29, 0.717) is 12.6 Å². The average Bonchev–Trinajstić information content (AvgIpc) is 2.80. The molecule has 0 saturated carbocycles. The second-order valence-electron chi connectivity index (χ2n) is 4.62. The summed E-state index contributed by atoms with van der Waals surface area (Å²) in [5.41, 5.74) is 1.15. The number of pyridine rings is 1. The van der Waals surface area contributed by atoms with Crippen molar-refractivity contribution in [2.45, 2.75) is 39.0 Å². The molecule has 1 unspecified atom stereocenters. The van der Waals surface area contributed by atoms with Gasteiger partial charge in [0.25, 0.3) is 0 Å². The van der Waals surface area contributed by atoms with Crippen molar-refractivity contribution in [3.05, 3.63) is 24.0 Å². The number of hydrogen-bond donors (Lipinski definition) is 1. The van der Waals surface area contributed by atoms with Crippen LogP contribution in [-0.2, 0) is 11.3 Å². The highest BCUT2D eigenvalue weighted by Gasteiger charge is 2.18. The van der Waals surface area contributed by atoms with E-state index >= 15 is 0 Å². The lowest BCUT2D eigenvalue weighted by Gasteiger charge is -2.16. The Kier molecular flexibility index (Phi) is 4.34. The summed E-state index contributed by atoms with van der Waals surface area (Å²) in [6.07, 6.45) is 4.73. The highest BCUT2D eigenvalue weighted by molar-refractivity contribution is 5.30. The molecule has 2 heterocycles. The molecule has 1 aromatic rings. The molecule has 0 bridgehead atoms. The molecule has 2 rings (SSSR count). The molecule has 4 nitrogen and oxygen atoms in total. The molecule has 17 heavy (non-hydrogen) atoms. The summed E-state index contributed by atoms with van der Waals surface area (Å²) in [5.74, 6) is 0.871. The molecule has 1 aliphatic rings. The molecule has 4 heteroatoms. The maximum absolute atomic E-state index is 5.91. The number of rotatable bonds is 5. The summed E-state index contributed by atoms with van der Waals surface area (Å²) in [6.45, 7) is 6.55. The van der Waals surface area contributed by atoms with Gasteiger partial charge >= 0.3 is 0 Å². The predicted molar refractivity (Wildman–Crippen MR) is 66.1 cm³/mol. The zero-order valence-corrected chi connectivity index (χ0v) is 10.5. The Bertz CT molecular complexity index is 349. The van der Waals surface area contributed by atoms with Crippen molar-refractivity contribution >= 4 is 0 Å². The standard InChI is InChI=1S/C13H20N2O2/c1-10(2)15-7-11-3-5-14-8-13(11)17-12-4-6-16-9-12/h3,5,8,10,12,15H,4,6-7,9H2,1-2H3. The lowest BCUT2D eigenvalue weighted by Crippen LogP contribution is -2.23. The topological polar surface area (TPSA) is 43.4 Å². The fourth-order valence-electron chi connectivity index (χ4n) is 1.76. The first-order valence-corrected chi connectivity index (χ1v) is 6.16. The fourth-order valence-corrected chi connectivity index (χ4v) is 1.76. The van der Waals surface area contributed by atoms with Crippen LogP contribution in [0, 0.1) is 0 Å². The quantitative estimate of drug-likeness (QED) is 0.846. The minimum absolute atomic E-state index is 0.178.